The summed E-state index contributed by atoms with van der Waals surface area (Å²) in [5.41, 5.74) is 0. The molecule has 3 aromatic rings. The number of thioether (sulfide) groups is 1. The molecular weight excluding hydrogens is 427 g/mol. The van der Waals surface area contributed by atoms with E-state index in [0.717, 1.165) is 11.4 Å². The third-order valence-corrected chi connectivity index (χ3v) is 5.99. The zero-order valence-corrected chi connectivity index (χ0v) is 18.8. The number of hydrogen-bond acceptors (Lipinski definition) is 8. The van der Waals surface area contributed by atoms with Gasteiger partial charge in [0.25, 0.3) is 0 Å². The third-order valence-electron chi connectivity index (χ3n) is 4.06. The lowest BCUT2D eigenvalue weighted by molar-refractivity contribution is -0.113. The second kappa shape index (κ2) is 9.98. The van der Waals surface area contributed by atoms with Crippen molar-refractivity contribution in [1.29, 1.82) is 0 Å². The molecule has 1 unspecified atom stereocenters. The molecule has 0 fully saturated rings. The molecule has 30 heavy (non-hydrogen) atoms. The highest BCUT2D eigenvalue weighted by Gasteiger charge is 2.23. The quantitative estimate of drug-likeness (QED) is 0.486. The van der Waals surface area contributed by atoms with Gasteiger partial charge in [-0.25, -0.2) is 4.39 Å². The fourth-order valence-corrected chi connectivity index (χ4v) is 4.24. The smallest absolute Gasteiger partial charge is 0.236 e. The lowest BCUT2D eigenvalue weighted by Crippen LogP contribution is -2.16. The average Bonchev–Trinajstić information content (AvgIpc) is 3.34. The Morgan fingerprint density at radius 2 is 2.00 bits per heavy atom. The lowest BCUT2D eigenvalue weighted by atomic mass is 10.3. The van der Waals surface area contributed by atoms with E-state index in [0.29, 0.717) is 16.1 Å². The van der Waals surface area contributed by atoms with Gasteiger partial charge in [0, 0.05) is 6.04 Å². The predicted molar refractivity (Wildman–Crippen MR) is 114 cm³/mol. The minimum Gasteiger partial charge on any atom is -0.480 e. The van der Waals surface area contributed by atoms with Crippen LogP contribution in [0.15, 0.2) is 29.4 Å². The van der Waals surface area contributed by atoms with Gasteiger partial charge in [0.2, 0.25) is 11.0 Å². The molecular formula is C19H23FN6O2S2. The summed E-state index contributed by atoms with van der Waals surface area (Å²) in [6, 6.07) is 6.26. The van der Waals surface area contributed by atoms with Crippen molar-refractivity contribution in [3.63, 3.8) is 0 Å². The SMILES string of the molecule is CCc1nnc(NC(=O)CSc2nnc(C(C)Oc3ccccc3F)n2C(C)C)s1. The molecule has 3 rings (SSSR count). The summed E-state index contributed by atoms with van der Waals surface area (Å²) < 4.78 is 21.6. The van der Waals surface area contributed by atoms with Crippen molar-refractivity contribution < 1.29 is 13.9 Å². The van der Waals surface area contributed by atoms with Crippen LogP contribution in [-0.4, -0.2) is 36.6 Å². The minimum absolute atomic E-state index is 0.0301. The number of carbonyl (C=O) groups excluding carboxylic acids is 1. The summed E-state index contributed by atoms with van der Waals surface area (Å²) in [4.78, 5) is 12.3. The molecule has 0 bridgehead atoms. The fourth-order valence-electron chi connectivity index (χ4n) is 2.67. The van der Waals surface area contributed by atoms with E-state index in [9.17, 15) is 9.18 Å². The molecule has 0 radical (unpaired) electrons. The maximum Gasteiger partial charge on any atom is 0.236 e. The van der Waals surface area contributed by atoms with Crippen molar-refractivity contribution in [1.82, 2.24) is 25.0 Å². The Balaban J connectivity index is 1.67. The Bertz CT molecular complexity index is 1010. The molecule has 1 atom stereocenters. The van der Waals surface area contributed by atoms with Crippen LogP contribution < -0.4 is 10.1 Å². The Hall–Kier alpha value is -2.53. The molecule has 0 aliphatic rings. The van der Waals surface area contributed by atoms with Gasteiger partial charge in [0.1, 0.15) is 5.01 Å². The first kappa shape index (κ1) is 22.2. The van der Waals surface area contributed by atoms with E-state index >= 15 is 0 Å². The first-order valence-corrected chi connectivity index (χ1v) is 11.3. The van der Waals surface area contributed by atoms with Gasteiger partial charge >= 0.3 is 0 Å². The van der Waals surface area contributed by atoms with Crippen molar-refractivity contribution in [3.8, 4) is 5.75 Å². The summed E-state index contributed by atoms with van der Waals surface area (Å²) in [5, 5.41) is 21.1. The van der Waals surface area contributed by atoms with Gasteiger partial charge in [0.15, 0.2) is 28.7 Å². The zero-order valence-electron chi connectivity index (χ0n) is 17.1. The van der Waals surface area contributed by atoms with E-state index in [2.05, 4.69) is 25.7 Å². The monoisotopic (exact) mass is 450 g/mol. The van der Waals surface area contributed by atoms with Crippen molar-refractivity contribution in [2.45, 2.75) is 51.4 Å². The minimum atomic E-state index is -0.520. The van der Waals surface area contributed by atoms with Gasteiger partial charge in [-0.1, -0.05) is 42.2 Å². The predicted octanol–water partition coefficient (Wildman–Crippen LogP) is 4.28. The number of amides is 1. The fraction of sp³-hybridized carbons (Fsp3) is 0.421. The Morgan fingerprint density at radius 3 is 2.67 bits per heavy atom. The molecule has 2 aromatic heterocycles. The lowest BCUT2D eigenvalue weighted by Gasteiger charge is -2.19. The van der Waals surface area contributed by atoms with Gasteiger partial charge in [-0.15, -0.1) is 20.4 Å². The highest BCUT2D eigenvalue weighted by atomic mass is 32.2. The van der Waals surface area contributed by atoms with Crippen LogP contribution in [0.25, 0.3) is 0 Å². The Morgan fingerprint density at radius 1 is 1.23 bits per heavy atom. The number of carbonyl (C=O) groups is 1. The van der Waals surface area contributed by atoms with Crippen molar-refractivity contribution in [2.24, 2.45) is 0 Å². The van der Waals surface area contributed by atoms with Crippen LogP contribution >= 0.6 is 23.1 Å². The van der Waals surface area contributed by atoms with Crippen LogP contribution in [0.1, 0.15) is 50.7 Å². The van der Waals surface area contributed by atoms with Crippen LogP contribution in [0, 0.1) is 5.82 Å². The molecule has 1 N–H and O–H groups in total. The van der Waals surface area contributed by atoms with E-state index in [-0.39, 0.29) is 23.5 Å². The standard InChI is InChI=1S/C19H23FN6O2S2/c1-5-16-22-24-18(30-16)21-15(27)10-29-19-25-23-17(26(19)11(2)3)12(4)28-14-9-7-6-8-13(14)20/h6-9,11-12H,5,10H2,1-4H3,(H,21,24,27). The summed E-state index contributed by atoms with van der Waals surface area (Å²) in [6.07, 6.45) is 0.254. The second-order valence-corrected chi connectivity index (χ2v) is 8.69. The number of benzene rings is 1. The molecule has 0 spiro atoms. The van der Waals surface area contributed by atoms with Gasteiger partial charge in [-0.05, 0) is 39.3 Å². The van der Waals surface area contributed by atoms with E-state index in [1.807, 2.05) is 25.3 Å². The van der Waals surface area contributed by atoms with Crippen LogP contribution in [0.4, 0.5) is 9.52 Å². The van der Waals surface area contributed by atoms with Crippen LogP contribution in [0.2, 0.25) is 0 Å². The Labute approximate surface area is 182 Å². The summed E-state index contributed by atoms with van der Waals surface area (Å²) in [5.74, 6) is 0.228. The van der Waals surface area contributed by atoms with Crippen molar-refractivity contribution in [3.05, 3.63) is 40.9 Å². The van der Waals surface area contributed by atoms with Gasteiger partial charge < -0.3 is 9.30 Å². The molecule has 160 valence electrons. The number of halogens is 1. The number of nitrogens with one attached hydrogen (secondary N) is 1. The molecule has 2 heterocycles. The molecule has 1 aromatic carbocycles. The van der Waals surface area contributed by atoms with Crippen LogP contribution in [0.3, 0.4) is 0 Å². The van der Waals surface area contributed by atoms with E-state index in [1.165, 1.54) is 29.2 Å². The number of hydrogen-bond donors (Lipinski definition) is 1. The van der Waals surface area contributed by atoms with Gasteiger partial charge in [0.05, 0.1) is 5.75 Å². The maximum absolute atomic E-state index is 13.9. The number of rotatable bonds is 9. The van der Waals surface area contributed by atoms with Crippen LogP contribution in [-0.2, 0) is 11.2 Å². The average molecular weight is 451 g/mol. The molecule has 0 aliphatic heterocycles. The second-order valence-electron chi connectivity index (χ2n) is 6.69. The summed E-state index contributed by atoms with van der Waals surface area (Å²) in [6.45, 7) is 7.74. The molecule has 8 nitrogen and oxygen atoms in total. The van der Waals surface area contributed by atoms with E-state index < -0.39 is 11.9 Å². The van der Waals surface area contributed by atoms with E-state index in [4.69, 9.17) is 4.74 Å². The highest BCUT2D eigenvalue weighted by molar-refractivity contribution is 7.99. The van der Waals surface area contributed by atoms with E-state index in [1.54, 1.807) is 25.1 Å². The topological polar surface area (TPSA) is 94.8 Å². The normalized spacial score (nSPS) is 12.2. The number of para-hydroxylation sites is 1. The number of ether oxygens (including phenoxy) is 1. The van der Waals surface area contributed by atoms with Crippen LogP contribution in [0.5, 0.6) is 5.75 Å². The number of aryl methyl sites for hydroxylation is 1. The molecule has 11 heteroatoms. The van der Waals surface area contributed by atoms with Crippen molar-refractivity contribution >= 4 is 34.1 Å². The molecule has 0 aliphatic carbocycles. The highest BCUT2D eigenvalue weighted by Crippen LogP contribution is 2.28. The largest absolute Gasteiger partial charge is 0.480 e. The molecule has 0 saturated carbocycles. The first-order valence-electron chi connectivity index (χ1n) is 9.50. The summed E-state index contributed by atoms with van der Waals surface area (Å²) >= 11 is 2.62. The maximum atomic E-state index is 13.9. The number of anilines is 1. The summed E-state index contributed by atoms with van der Waals surface area (Å²) in [7, 11) is 0. The van der Waals surface area contributed by atoms with Gasteiger partial charge in [-0.2, -0.15) is 0 Å². The van der Waals surface area contributed by atoms with Crippen molar-refractivity contribution in [2.75, 3.05) is 11.1 Å². The Kier molecular flexibility index (Phi) is 7.38. The zero-order chi connectivity index (χ0) is 21.7. The number of nitrogens with zero attached hydrogens (tertiary/aromatic N) is 5. The molecule has 1 amide bonds. The molecule has 0 saturated heterocycles. The third kappa shape index (κ3) is 5.33. The first-order chi connectivity index (χ1) is 14.4. The van der Waals surface area contributed by atoms with Gasteiger partial charge in [-0.3, -0.25) is 10.1 Å². The number of aromatic nitrogens is 5.